The highest BCUT2D eigenvalue weighted by Gasteiger charge is 2.38. The van der Waals surface area contributed by atoms with Crippen LogP contribution in [0.25, 0.3) is 0 Å². The van der Waals surface area contributed by atoms with Gasteiger partial charge in [-0.1, -0.05) is 11.6 Å². The molecule has 0 atom stereocenters. The van der Waals surface area contributed by atoms with Gasteiger partial charge >= 0.3 is 6.18 Å². The number of halogens is 4. The lowest BCUT2D eigenvalue weighted by atomic mass is 10.1. The quantitative estimate of drug-likeness (QED) is 0.722. The third kappa shape index (κ3) is 2.45. The summed E-state index contributed by atoms with van der Waals surface area (Å²) in [6, 6.07) is 0. The van der Waals surface area contributed by atoms with Crippen molar-refractivity contribution in [3.8, 4) is 12.3 Å². The van der Waals surface area contributed by atoms with Crippen LogP contribution in [0.1, 0.15) is 17.7 Å². The van der Waals surface area contributed by atoms with Crippen molar-refractivity contribution in [1.29, 1.82) is 0 Å². The van der Waals surface area contributed by atoms with E-state index in [9.17, 15) is 13.2 Å². The van der Waals surface area contributed by atoms with Crippen molar-refractivity contribution in [1.82, 2.24) is 9.78 Å². The first-order valence-corrected chi connectivity index (χ1v) is 4.47. The first kappa shape index (κ1) is 11.9. The standard InChI is InChI=1S/C9H8ClF3N2/c1-3-4-5-6-7(9(11,12)13)14-15(2)8(6)10/h1H,4-5H2,2H3. The second kappa shape index (κ2) is 4.15. The molecule has 1 rings (SSSR count). The number of nitrogens with zero attached hydrogens (tertiary/aromatic N) is 2. The molecule has 0 saturated carbocycles. The number of hydrogen-bond donors (Lipinski definition) is 0. The van der Waals surface area contributed by atoms with Gasteiger partial charge in [0.25, 0.3) is 0 Å². The summed E-state index contributed by atoms with van der Waals surface area (Å²) in [5, 5.41) is 3.31. The van der Waals surface area contributed by atoms with Crippen molar-refractivity contribution in [3.63, 3.8) is 0 Å². The summed E-state index contributed by atoms with van der Waals surface area (Å²) < 4.78 is 38.4. The van der Waals surface area contributed by atoms with Gasteiger partial charge in [-0.05, 0) is 6.42 Å². The number of hydrogen-bond acceptors (Lipinski definition) is 1. The zero-order chi connectivity index (χ0) is 11.6. The summed E-state index contributed by atoms with van der Waals surface area (Å²) in [5.74, 6) is 2.27. The average Bonchev–Trinajstić information content (AvgIpc) is 2.40. The first-order chi connectivity index (χ1) is 6.88. The van der Waals surface area contributed by atoms with E-state index in [-0.39, 0.29) is 23.6 Å². The summed E-state index contributed by atoms with van der Waals surface area (Å²) in [7, 11) is 1.36. The van der Waals surface area contributed by atoms with Gasteiger partial charge in [0, 0.05) is 19.0 Å². The lowest BCUT2D eigenvalue weighted by Gasteiger charge is -2.04. The van der Waals surface area contributed by atoms with Crippen LogP contribution in [0.15, 0.2) is 0 Å². The van der Waals surface area contributed by atoms with Crippen molar-refractivity contribution in [2.24, 2.45) is 7.05 Å². The molecule has 15 heavy (non-hydrogen) atoms. The fourth-order valence-corrected chi connectivity index (χ4v) is 1.42. The van der Waals surface area contributed by atoms with E-state index in [1.165, 1.54) is 7.05 Å². The Morgan fingerprint density at radius 2 is 2.13 bits per heavy atom. The molecule has 2 nitrogen and oxygen atoms in total. The smallest absolute Gasteiger partial charge is 0.256 e. The molecule has 0 saturated heterocycles. The predicted octanol–water partition coefficient (Wildman–Crippen LogP) is 2.66. The van der Waals surface area contributed by atoms with Gasteiger partial charge in [-0.25, -0.2) is 0 Å². The van der Waals surface area contributed by atoms with E-state index < -0.39 is 11.9 Å². The van der Waals surface area contributed by atoms with E-state index in [0.717, 1.165) is 4.68 Å². The highest BCUT2D eigenvalue weighted by atomic mass is 35.5. The van der Waals surface area contributed by atoms with Crippen LogP contribution in [-0.2, 0) is 19.6 Å². The number of terminal acetylenes is 1. The fourth-order valence-electron chi connectivity index (χ4n) is 1.19. The maximum Gasteiger partial charge on any atom is 0.435 e. The van der Waals surface area contributed by atoms with Gasteiger partial charge in [-0.15, -0.1) is 12.3 Å². The third-order valence-electron chi connectivity index (χ3n) is 1.86. The molecule has 0 spiro atoms. The molecular formula is C9H8ClF3N2. The van der Waals surface area contributed by atoms with Gasteiger partial charge in [-0.2, -0.15) is 18.3 Å². The van der Waals surface area contributed by atoms with Crippen LogP contribution in [0.2, 0.25) is 5.15 Å². The second-order valence-corrected chi connectivity index (χ2v) is 3.30. The van der Waals surface area contributed by atoms with Crippen molar-refractivity contribution in [2.75, 3.05) is 0 Å². The molecule has 0 aliphatic carbocycles. The molecule has 0 aromatic carbocycles. The molecule has 0 fully saturated rings. The predicted molar refractivity (Wildman–Crippen MR) is 50.4 cm³/mol. The molecular weight excluding hydrogens is 229 g/mol. The SMILES string of the molecule is C#CCCc1c(C(F)(F)F)nn(C)c1Cl. The van der Waals surface area contributed by atoms with Crippen LogP contribution in [0, 0.1) is 12.3 Å². The molecule has 0 N–H and O–H groups in total. The zero-order valence-corrected chi connectivity index (χ0v) is 8.65. The highest BCUT2D eigenvalue weighted by molar-refractivity contribution is 6.30. The van der Waals surface area contributed by atoms with E-state index >= 15 is 0 Å². The van der Waals surface area contributed by atoms with E-state index in [4.69, 9.17) is 18.0 Å². The van der Waals surface area contributed by atoms with Gasteiger partial charge < -0.3 is 0 Å². The minimum absolute atomic E-state index is 0.0161. The molecule has 0 aliphatic rings. The van der Waals surface area contributed by atoms with E-state index in [1.54, 1.807) is 0 Å². The minimum Gasteiger partial charge on any atom is -0.256 e. The largest absolute Gasteiger partial charge is 0.435 e. The summed E-state index contributed by atoms with van der Waals surface area (Å²) in [6.07, 6.45) is 0.784. The average molecular weight is 237 g/mol. The molecule has 1 aromatic heterocycles. The maximum absolute atomic E-state index is 12.5. The van der Waals surface area contributed by atoms with Crippen LogP contribution < -0.4 is 0 Å². The van der Waals surface area contributed by atoms with Crippen LogP contribution in [-0.4, -0.2) is 9.78 Å². The second-order valence-electron chi connectivity index (χ2n) is 2.94. The highest BCUT2D eigenvalue weighted by Crippen LogP contribution is 2.34. The molecule has 6 heteroatoms. The number of aryl methyl sites for hydroxylation is 1. The van der Waals surface area contributed by atoms with Gasteiger partial charge in [0.05, 0.1) is 0 Å². The fraction of sp³-hybridized carbons (Fsp3) is 0.444. The Kier molecular flexibility index (Phi) is 3.30. The van der Waals surface area contributed by atoms with Crippen molar-refractivity contribution >= 4 is 11.6 Å². The molecule has 0 amide bonds. The molecule has 0 unspecified atom stereocenters. The molecule has 1 aromatic rings. The number of rotatable bonds is 2. The van der Waals surface area contributed by atoms with Crippen molar-refractivity contribution in [3.05, 3.63) is 16.4 Å². The summed E-state index contributed by atoms with van der Waals surface area (Å²) in [4.78, 5) is 0. The van der Waals surface area contributed by atoms with Gasteiger partial charge in [0.2, 0.25) is 0 Å². The monoisotopic (exact) mass is 236 g/mol. The zero-order valence-electron chi connectivity index (χ0n) is 7.90. The lowest BCUT2D eigenvalue weighted by molar-refractivity contribution is -0.142. The van der Waals surface area contributed by atoms with Crippen molar-refractivity contribution < 1.29 is 13.2 Å². The number of alkyl halides is 3. The Morgan fingerprint density at radius 3 is 2.60 bits per heavy atom. The minimum atomic E-state index is -4.49. The van der Waals surface area contributed by atoms with E-state index in [2.05, 4.69) is 11.0 Å². The van der Waals surface area contributed by atoms with Crippen LogP contribution in [0.5, 0.6) is 0 Å². The molecule has 0 bridgehead atoms. The Labute approximate surface area is 90.0 Å². The summed E-state index contributed by atoms with van der Waals surface area (Å²) in [6.45, 7) is 0. The number of aromatic nitrogens is 2. The lowest BCUT2D eigenvalue weighted by Crippen LogP contribution is -2.09. The van der Waals surface area contributed by atoms with Crippen molar-refractivity contribution in [2.45, 2.75) is 19.0 Å². The van der Waals surface area contributed by atoms with E-state index in [0.29, 0.717) is 0 Å². The Balaban J connectivity index is 3.16. The van der Waals surface area contributed by atoms with E-state index in [1.807, 2.05) is 0 Å². The molecule has 1 heterocycles. The Bertz CT molecular complexity index is 401. The van der Waals surface area contributed by atoms with Gasteiger partial charge in [0.15, 0.2) is 5.69 Å². The van der Waals surface area contributed by atoms with Crippen LogP contribution in [0.3, 0.4) is 0 Å². The van der Waals surface area contributed by atoms with Gasteiger partial charge in [-0.3, -0.25) is 4.68 Å². The first-order valence-electron chi connectivity index (χ1n) is 4.10. The van der Waals surface area contributed by atoms with Gasteiger partial charge in [0.1, 0.15) is 5.15 Å². The molecule has 0 radical (unpaired) electrons. The molecule has 82 valence electrons. The van der Waals surface area contributed by atoms with Crippen LogP contribution >= 0.6 is 11.6 Å². The Hall–Kier alpha value is -1.15. The Morgan fingerprint density at radius 1 is 1.53 bits per heavy atom. The molecule has 0 aliphatic heterocycles. The summed E-state index contributed by atoms with van der Waals surface area (Å²) >= 11 is 5.69. The summed E-state index contributed by atoms with van der Waals surface area (Å²) in [5.41, 5.74) is -0.991. The third-order valence-corrected chi connectivity index (χ3v) is 2.33. The topological polar surface area (TPSA) is 17.8 Å². The normalized spacial score (nSPS) is 11.5. The van der Waals surface area contributed by atoms with Crippen LogP contribution in [0.4, 0.5) is 13.2 Å². The maximum atomic E-state index is 12.5.